The van der Waals surface area contributed by atoms with E-state index in [0.29, 0.717) is 0 Å². The van der Waals surface area contributed by atoms with Crippen molar-refractivity contribution in [1.29, 1.82) is 0 Å². The number of rotatable bonds is 2. The van der Waals surface area contributed by atoms with Gasteiger partial charge in [-0.25, -0.2) is 0 Å². The zero-order valence-electron chi connectivity index (χ0n) is 8.51. The topological polar surface area (TPSA) is 0 Å². The largest absolute Gasteiger partial charge is 0.144 e. The molecule has 0 N–H and O–H groups in total. The highest BCUT2D eigenvalue weighted by Gasteiger charge is 2.15. The quantitative estimate of drug-likeness (QED) is 0.423. The first kappa shape index (κ1) is 12.9. The molecule has 0 saturated heterocycles. The first-order chi connectivity index (χ1) is 7.58. The highest BCUT2D eigenvalue weighted by molar-refractivity contribution is 14.1. The standard InChI is InChI=1S/C12H9BrClIS/c1-7-2-5-11(16-7)12(14)9-6-8(13)3-4-10(9)15/h2-6,12H,1H3. The molecule has 0 bridgehead atoms. The summed E-state index contributed by atoms with van der Waals surface area (Å²) in [6, 6.07) is 10.4. The fourth-order valence-corrected chi connectivity index (χ4v) is 3.92. The number of hydrogen-bond acceptors (Lipinski definition) is 1. The van der Waals surface area contributed by atoms with Crippen LogP contribution in [0.1, 0.15) is 20.7 Å². The fraction of sp³-hybridized carbons (Fsp3) is 0.167. The molecule has 1 aromatic heterocycles. The zero-order valence-corrected chi connectivity index (χ0v) is 13.8. The lowest BCUT2D eigenvalue weighted by Gasteiger charge is -2.10. The van der Waals surface area contributed by atoms with E-state index < -0.39 is 0 Å². The Labute approximate surface area is 126 Å². The summed E-state index contributed by atoms with van der Waals surface area (Å²) in [5.41, 5.74) is 1.17. The Bertz CT molecular complexity index is 509. The van der Waals surface area contributed by atoms with Crippen LogP contribution in [0.5, 0.6) is 0 Å². The maximum Gasteiger partial charge on any atom is 0.0938 e. The maximum absolute atomic E-state index is 6.51. The first-order valence-corrected chi connectivity index (χ1v) is 7.86. The van der Waals surface area contributed by atoms with E-state index in [1.165, 1.54) is 18.9 Å². The highest BCUT2D eigenvalue weighted by Crippen LogP contribution is 2.36. The number of hydrogen-bond donors (Lipinski definition) is 0. The third-order valence-corrected chi connectivity index (χ3v) is 5.38. The molecule has 4 heteroatoms. The van der Waals surface area contributed by atoms with Crippen molar-refractivity contribution in [2.75, 3.05) is 0 Å². The van der Waals surface area contributed by atoms with E-state index in [1.807, 2.05) is 6.07 Å². The van der Waals surface area contributed by atoms with Crippen LogP contribution in [0.2, 0.25) is 0 Å². The van der Waals surface area contributed by atoms with Gasteiger partial charge in [0.1, 0.15) is 0 Å². The summed E-state index contributed by atoms with van der Waals surface area (Å²) in [6.45, 7) is 2.10. The first-order valence-electron chi connectivity index (χ1n) is 4.73. The lowest BCUT2D eigenvalue weighted by Crippen LogP contribution is -1.93. The third kappa shape index (κ3) is 2.81. The van der Waals surface area contributed by atoms with Crippen molar-refractivity contribution in [1.82, 2.24) is 0 Å². The van der Waals surface area contributed by atoms with Gasteiger partial charge < -0.3 is 0 Å². The number of aryl methyl sites for hydroxylation is 1. The Morgan fingerprint density at radius 1 is 1.31 bits per heavy atom. The lowest BCUT2D eigenvalue weighted by atomic mass is 10.1. The van der Waals surface area contributed by atoms with E-state index in [2.05, 4.69) is 69.7 Å². The van der Waals surface area contributed by atoms with Crippen LogP contribution in [0.4, 0.5) is 0 Å². The molecule has 0 spiro atoms. The van der Waals surface area contributed by atoms with Crippen LogP contribution in [0.3, 0.4) is 0 Å². The Balaban J connectivity index is 2.40. The Hall–Kier alpha value is 0.420. The van der Waals surface area contributed by atoms with Gasteiger partial charge in [-0.3, -0.25) is 0 Å². The van der Waals surface area contributed by atoms with Gasteiger partial charge >= 0.3 is 0 Å². The van der Waals surface area contributed by atoms with Crippen LogP contribution in [0.25, 0.3) is 0 Å². The Morgan fingerprint density at radius 3 is 2.69 bits per heavy atom. The molecule has 2 rings (SSSR count). The molecule has 1 heterocycles. The molecule has 0 radical (unpaired) electrons. The van der Waals surface area contributed by atoms with Crippen molar-refractivity contribution in [3.8, 4) is 0 Å². The van der Waals surface area contributed by atoms with Crippen LogP contribution < -0.4 is 0 Å². The van der Waals surface area contributed by atoms with E-state index in [9.17, 15) is 0 Å². The predicted octanol–water partition coefficient (Wildman–Crippen LogP) is 5.75. The summed E-state index contributed by atoms with van der Waals surface area (Å²) in [6.07, 6.45) is 0. The third-order valence-electron chi connectivity index (χ3n) is 2.24. The van der Waals surface area contributed by atoms with Gasteiger partial charge in [0, 0.05) is 17.8 Å². The normalized spacial score (nSPS) is 12.8. The second-order valence-corrected chi connectivity index (χ2v) is 7.31. The van der Waals surface area contributed by atoms with Gasteiger partial charge in [-0.15, -0.1) is 22.9 Å². The minimum Gasteiger partial charge on any atom is -0.144 e. The van der Waals surface area contributed by atoms with Gasteiger partial charge in [0.15, 0.2) is 0 Å². The molecule has 84 valence electrons. The monoisotopic (exact) mass is 426 g/mol. The van der Waals surface area contributed by atoms with Crippen molar-refractivity contribution in [2.45, 2.75) is 12.3 Å². The smallest absolute Gasteiger partial charge is 0.0938 e. The number of alkyl halides is 1. The van der Waals surface area contributed by atoms with Crippen molar-refractivity contribution < 1.29 is 0 Å². The van der Waals surface area contributed by atoms with Gasteiger partial charge in [-0.2, -0.15) is 0 Å². The summed E-state index contributed by atoms with van der Waals surface area (Å²) in [7, 11) is 0. The molecule has 0 fully saturated rings. The van der Waals surface area contributed by atoms with Gasteiger partial charge in [0.2, 0.25) is 0 Å². The van der Waals surface area contributed by atoms with Gasteiger partial charge in [0.25, 0.3) is 0 Å². The summed E-state index contributed by atoms with van der Waals surface area (Å²) in [4.78, 5) is 2.50. The molecule has 16 heavy (non-hydrogen) atoms. The van der Waals surface area contributed by atoms with E-state index >= 15 is 0 Å². The van der Waals surface area contributed by atoms with Crippen molar-refractivity contribution in [2.24, 2.45) is 0 Å². The highest BCUT2D eigenvalue weighted by atomic mass is 127. The molecule has 0 nitrogen and oxygen atoms in total. The molecule has 0 aliphatic heterocycles. The zero-order chi connectivity index (χ0) is 11.7. The number of benzene rings is 1. The molecule has 1 atom stereocenters. The molecule has 0 aliphatic carbocycles. The minimum atomic E-state index is -0.0527. The van der Waals surface area contributed by atoms with E-state index in [4.69, 9.17) is 11.6 Å². The van der Waals surface area contributed by atoms with E-state index in [0.717, 1.165) is 4.47 Å². The van der Waals surface area contributed by atoms with Crippen LogP contribution in [0, 0.1) is 10.5 Å². The second kappa shape index (κ2) is 5.38. The molecule has 1 aromatic carbocycles. The van der Waals surface area contributed by atoms with Gasteiger partial charge in [-0.05, 0) is 65.4 Å². The van der Waals surface area contributed by atoms with E-state index in [1.54, 1.807) is 11.3 Å². The van der Waals surface area contributed by atoms with Crippen LogP contribution in [-0.2, 0) is 0 Å². The summed E-state index contributed by atoms with van der Waals surface area (Å²) in [5, 5.41) is -0.0527. The Kier molecular flexibility index (Phi) is 4.32. The van der Waals surface area contributed by atoms with Gasteiger partial charge in [0.05, 0.1) is 5.38 Å². The molecule has 1 unspecified atom stereocenters. The average Bonchev–Trinajstić information content (AvgIpc) is 2.67. The Morgan fingerprint density at radius 2 is 2.06 bits per heavy atom. The molecule has 2 aromatic rings. The van der Waals surface area contributed by atoms with Crippen molar-refractivity contribution >= 4 is 61.5 Å². The molecular formula is C12H9BrClIS. The molecule has 0 aliphatic rings. The molecule has 0 amide bonds. The molecule has 0 saturated carbocycles. The van der Waals surface area contributed by atoms with Crippen LogP contribution in [0.15, 0.2) is 34.8 Å². The predicted molar refractivity (Wildman–Crippen MR) is 83.6 cm³/mol. The second-order valence-electron chi connectivity index (χ2n) is 3.48. The average molecular weight is 428 g/mol. The lowest BCUT2D eigenvalue weighted by molar-refractivity contribution is 1.16. The summed E-state index contributed by atoms with van der Waals surface area (Å²) >= 11 is 14.1. The minimum absolute atomic E-state index is 0.0527. The van der Waals surface area contributed by atoms with Crippen LogP contribution in [-0.4, -0.2) is 0 Å². The van der Waals surface area contributed by atoms with Crippen LogP contribution >= 0.6 is 61.5 Å². The maximum atomic E-state index is 6.51. The SMILES string of the molecule is Cc1ccc(C(Cl)c2cc(Br)ccc2I)s1. The van der Waals surface area contributed by atoms with Gasteiger partial charge in [-0.1, -0.05) is 15.9 Å². The number of halogens is 3. The summed E-state index contributed by atoms with van der Waals surface area (Å²) in [5.74, 6) is 0. The summed E-state index contributed by atoms with van der Waals surface area (Å²) < 4.78 is 2.27. The fourth-order valence-electron chi connectivity index (χ4n) is 1.45. The molecular weight excluding hydrogens is 418 g/mol. The van der Waals surface area contributed by atoms with Crippen molar-refractivity contribution in [3.63, 3.8) is 0 Å². The van der Waals surface area contributed by atoms with Crippen molar-refractivity contribution in [3.05, 3.63) is 53.7 Å². The number of thiophene rings is 1. The van der Waals surface area contributed by atoms with E-state index in [-0.39, 0.29) is 5.38 Å².